The van der Waals surface area contributed by atoms with Crippen LogP contribution in [0.25, 0.3) is 10.8 Å². The van der Waals surface area contributed by atoms with E-state index in [0.717, 1.165) is 21.9 Å². The Balaban J connectivity index is 1.41. The van der Waals surface area contributed by atoms with Gasteiger partial charge in [0, 0.05) is 5.69 Å². The second kappa shape index (κ2) is 9.56. The average molecular weight is 406 g/mol. The lowest BCUT2D eigenvalue weighted by molar-refractivity contribution is -0.150. The summed E-state index contributed by atoms with van der Waals surface area (Å²) in [6.07, 6.45) is 0. The molecule has 0 saturated heterocycles. The fourth-order valence-corrected chi connectivity index (χ4v) is 2.79. The number of hydrogen-bond acceptors (Lipinski definition) is 5. The number of imide groups is 1. The summed E-state index contributed by atoms with van der Waals surface area (Å²) in [4.78, 5) is 35.6. The van der Waals surface area contributed by atoms with Gasteiger partial charge >= 0.3 is 12.0 Å². The molecule has 0 fully saturated rings. The molecule has 0 aromatic heterocycles. The molecule has 0 aliphatic carbocycles. The zero-order chi connectivity index (χ0) is 21.5. The highest BCUT2D eigenvalue weighted by Gasteiger charge is 2.13. The van der Waals surface area contributed by atoms with E-state index in [0.29, 0.717) is 11.4 Å². The third kappa shape index (κ3) is 5.57. The molecule has 0 spiro atoms. The van der Waals surface area contributed by atoms with Crippen molar-refractivity contribution < 1.29 is 23.9 Å². The zero-order valence-electron chi connectivity index (χ0n) is 16.7. The minimum atomic E-state index is -0.739. The van der Waals surface area contributed by atoms with E-state index in [2.05, 4.69) is 10.6 Å². The predicted octanol–water partition coefficient (Wildman–Crippen LogP) is 3.73. The molecule has 7 nitrogen and oxygen atoms in total. The minimum Gasteiger partial charge on any atom is -0.482 e. The van der Waals surface area contributed by atoms with Crippen LogP contribution in [-0.4, -0.2) is 31.1 Å². The van der Waals surface area contributed by atoms with Crippen molar-refractivity contribution >= 4 is 34.4 Å². The van der Waals surface area contributed by atoms with Crippen molar-refractivity contribution in [3.8, 4) is 5.75 Å². The topological polar surface area (TPSA) is 93.7 Å². The Morgan fingerprint density at radius 1 is 0.867 bits per heavy atom. The molecule has 0 unspecified atom stereocenters. The number of amides is 3. The smallest absolute Gasteiger partial charge is 0.344 e. The molecule has 3 aromatic rings. The molecule has 0 radical (unpaired) electrons. The molecule has 3 amide bonds. The number of ether oxygens (including phenoxy) is 2. The number of nitrogens with one attached hydrogen (secondary N) is 2. The van der Waals surface area contributed by atoms with Gasteiger partial charge in [-0.1, -0.05) is 42.5 Å². The number of benzene rings is 3. The van der Waals surface area contributed by atoms with E-state index in [4.69, 9.17) is 9.47 Å². The van der Waals surface area contributed by atoms with Crippen molar-refractivity contribution in [3.05, 3.63) is 71.8 Å². The lowest BCUT2D eigenvalue weighted by atomic mass is 10.1. The first-order chi connectivity index (χ1) is 14.4. The average Bonchev–Trinajstić information content (AvgIpc) is 2.74. The largest absolute Gasteiger partial charge is 0.482 e. The Morgan fingerprint density at radius 2 is 1.63 bits per heavy atom. The molecular formula is C23H22N2O5. The first kappa shape index (κ1) is 20.9. The van der Waals surface area contributed by atoms with Crippen LogP contribution >= 0.6 is 0 Å². The van der Waals surface area contributed by atoms with Gasteiger partial charge in [0.1, 0.15) is 5.75 Å². The van der Waals surface area contributed by atoms with Gasteiger partial charge in [-0.15, -0.1) is 0 Å². The number of carbonyl (C=O) groups is 3. The standard InChI is InChI=1S/C23H22N2O5/c1-15-6-5-9-20(16(15)2)24-23(28)25-21(26)13-30-22(27)14-29-19-11-10-17-7-3-4-8-18(17)12-19/h3-12H,13-14H2,1-2H3,(H2,24,25,26,28). The Labute approximate surface area is 174 Å². The van der Waals surface area contributed by atoms with E-state index >= 15 is 0 Å². The van der Waals surface area contributed by atoms with Gasteiger partial charge in [-0.2, -0.15) is 0 Å². The van der Waals surface area contributed by atoms with Gasteiger partial charge in [-0.25, -0.2) is 9.59 Å². The van der Waals surface area contributed by atoms with E-state index in [1.54, 1.807) is 18.2 Å². The number of carbonyl (C=O) groups excluding carboxylic acids is 3. The summed E-state index contributed by atoms with van der Waals surface area (Å²) >= 11 is 0. The number of esters is 1. The van der Waals surface area contributed by atoms with Gasteiger partial charge in [0.2, 0.25) is 0 Å². The second-order valence-electron chi connectivity index (χ2n) is 6.71. The number of rotatable bonds is 6. The highest BCUT2D eigenvalue weighted by molar-refractivity contribution is 6.02. The summed E-state index contributed by atoms with van der Waals surface area (Å²) in [5, 5.41) is 6.75. The van der Waals surface area contributed by atoms with Gasteiger partial charge < -0.3 is 14.8 Å². The number of urea groups is 1. The summed E-state index contributed by atoms with van der Waals surface area (Å²) < 4.78 is 10.3. The van der Waals surface area contributed by atoms with Crippen molar-refractivity contribution in [3.63, 3.8) is 0 Å². The van der Waals surface area contributed by atoms with E-state index in [1.807, 2.05) is 56.3 Å². The first-order valence-corrected chi connectivity index (χ1v) is 9.36. The highest BCUT2D eigenvalue weighted by Crippen LogP contribution is 2.20. The number of aryl methyl sites for hydroxylation is 1. The van der Waals surface area contributed by atoms with Gasteiger partial charge in [0.15, 0.2) is 13.2 Å². The van der Waals surface area contributed by atoms with Crippen LogP contribution in [-0.2, 0) is 14.3 Å². The molecule has 30 heavy (non-hydrogen) atoms. The molecule has 3 rings (SSSR count). The van der Waals surface area contributed by atoms with Gasteiger partial charge in [0.05, 0.1) is 0 Å². The zero-order valence-corrected chi connectivity index (χ0v) is 16.7. The SMILES string of the molecule is Cc1cccc(NC(=O)NC(=O)COC(=O)COc2ccc3ccccc3c2)c1C. The van der Waals surface area contributed by atoms with Gasteiger partial charge in [-0.05, 0) is 53.9 Å². The molecule has 0 bridgehead atoms. The van der Waals surface area contributed by atoms with E-state index in [-0.39, 0.29) is 6.61 Å². The van der Waals surface area contributed by atoms with Crippen LogP contribution in [0.4, 0.5) is 10.5 Å². The fourth-order valence-electron chi connectivity index (χ4n) is 2.79. The van der Waals surface area contributed by atoms with Gasteiger partial charge in [-0.3, -0.25) is 10.1 Å². The van der Waals surface area contributed by atoms with Crippen LogP contribution in [0.5, 0.6) is 5.75 Å². The quantitative estimate of drug-likeness (QED) is 0.609. The van der Waals surface area contributed by atoms with E-state index < -0.39 is 24.5 Å². The highest BCUT2D eigenvalue weighted by atomic mass is 16.6. The van der Waals surface area contributed by atoms with Crippen molar-refractivity contribution in [2.24, 2.45) is 0 Å². The van der Waals surface area contributed by atoms with E-state index in [9.17, 15) is 14.4 Å². The van der Waals surface area contributed by atoms with Crippen LogP contribution in [0.15, 0.2) is 60.7 Å². The summed E-state index contributed by atoms with van der Waals surface area (Å²) in [6, 6.07) is 18.0. The molecule has 7 heteroatoms. The van der Waals surface area contributed by atoms with E-state index in [1.165, 1.54) is 0 Å². The number of fused-ring (bicyclic) bond motifs is 1. The molecule has 3 aromatic carbocycles. The van der Waals surface area contributed by atoms with Crippen LogP contribution < -0.4 is 15.4 Å². The third-order valence-electron chi connectivity index (χ3n) is 4.55. The fraction of sp³-hybridized carbons (Fsp3) is 0.174. The minimum absolute atomic E-state index is 0.347. The maximum absolute atomic E-state index is 11.9. The number of hydrogen-bond donors (Lipinski definition) is 2. The molecule has 0 aliphatic heterocycles. The van der Waals surface area contributed by atoms with Crippen molar-refractivity contribution in [2.45, 2.75) is 13.8 Å². The Kier molecular flexibility index (Phi) is 6.64. The first-order valence-electron chi connectivity index (χ1n) is 9.36. The summed E-state index contributed by atoms with van der Waals surface area (Å²) in [5.74, 6) is -0.937. The molecule has 0 heterocycles. The molecule has 154 valence electrons. The van der Waals surface area contributed by atoms with Crippen LogP contribution in [0.3, 0.4) is 0 Å². The summed E-state index contributed by atoms with van der Waals surface area (Å²) in [7, 11) is 0. The Morgan fingerprint density at radius 3 is 2.43 bits per heavy atom. The summed E-state index contributed by atoms with van der Waals surface area (Å²) in [6.45, 7) is 2.85. The van der Waals surface area contributed by atoms with Gasteiger partial charge in [0.25, 0.3) is 5.91 Å². The molecule has 0 atom stereocenters. The van der Waals surface area contributed by atoms with Crippen LogP contribution in [0, 0.1) is 13.8 Å². The lowest BCUT2D eigenvalue weighted by Gasteiger charge is -2.11. The Bertz CT molecular complexity index is 1090. The Hall–Kier alpha value is -3.87. The predicted molar refractivity (Wildman–Crippen MR) is 113 cm³/mol. The molecular weight excluding hydrogens is 384 g/mol. The monoisotopic (exact) mass is 406 g/mol. The number of anilines is 1. The molecule has 0 aliphatic rings. The van der Waals surface area contributed by atoms with Crippen molar-refractivity contribution in [1.82, 2.24) is 5.32 Å². The lowest BCUT2D eigenvalue weighted by Crippen LogP contribution is -2.37. The normalized spacial score (nSPS) is 10.3. The third-order valence-corrected chi connectivity index (χ3v) is 4.55. The molecule has 0 saturated carbocycles. The maximum atomic E-state index is 11.9. The summed E-state index contributed by atoms with van der Waals surface area (Å²) in [5.41, 5.74) is 2.51. The van der Waals surface area contributed by atoms with Crippen molar-refractivity contribution in [2.75, 3.05) is 18.5 Å². The van der Waals surface area contributed by atoms with Crippen LogP contribution in [0.2, 0.25) is 0 Å². The van der Waals surface area contributed by atoms with Crippen molar-refractivity contribution in [1.29, 1.82) is 0 Å². The second-order valence-corrected chi connectivity index (χ2v) is 6.71. The molecule has 2 N–H and O–H groups in total. The maximum Gasteiger partial charge on any atom is 0.344 e. The van der Waals surface area contributed by atoms with Crippen LogP contribution in [0.1, 0.15) is 11.1 Å².